The molecule has 6 aromatic rings. The second-order valence-electron chi connectivity index (χ2n) is 29.7. The predicted octanol–water partition coefficient (Wildman–Crippen LogP) is 13.2. The van der Waals surface area contributed by atoms with Crippen LogP contribution in [0.1, 0.15) is 132 Å². The van der Waals surface area contributed by atoms with E-state index in [1.807, 2.05) is 105 Å². The Morgan fingerprint density at radius 3 is 2.07 bits per heavy atom. The Kier molecular flexibility index (Phi) is 27.2. The van der Waals surface area contributed by atoms with Crippen molar-refractivity contribution in [2.75, 3.05) is 101 Å². The van der Waals surface area contributed by atoms with Crippen molar-refractivity contribution < 1.29 is 49.5 Å². The molecule has 0 radical (unpaired) electrons. The van der Waals surface area contributed by atoms with Crippen LogP contribution in [0.4, 0.5) is 24.5 Å². The summed E-state index contributed by atoms with van der Waals surface area (Å²) in [4.78, 5) is 56.6. The van der Waals surface area contributed by atoms with Crippen LogP contribution in [0.25, 0.3) is 16.0 Å². The van der Waals surface area contributed by atoms with Gasteiger partial charge in [-0.3, -0.25) is 19.3 Å². The third-order valence-corrected chi connectivity index (χ3v) is 25.5. The molecule has 4 aliphatic rings. The van der Waals surface area contributed by atoms with Gasteiger partial charge in [0, 0.05) is 118 Å². The first-order valence-corrected chi connectivity index (χ1v) is 41.2. The monoisotopic (exact) mass is 1510 g/mol. The maximum atomic E-state index is 14.6. The number of carbonyl (C=O) groups excluding carboxylic acids is 3. The van der Waals surface area contributed by atoms with Crippen LogP contribution in [0.3, 0.4) is 0 Å². The summed E-state index contributed by atoms with van der Waals surface area (Å²) in [7, 11) is -11.0. The van der Waals surface area contributed by atoms with E-state index in [2.05, 4.69) is 66.5 Å². The average molecular weight is 1510 g/mol. The molecular formula is C77H100ClF3N10O8S4. The van der Waals surface area contributed by atoms with E-state index in [1.165, 1.54) is 40.6 Å². The molecule has 1 aromatic heterocycles. The highest BCUT2D eigenvalue weighted by molar-refractivity contribution is 7.99. The lowest BCUT2D eigenvalue weighted by molar-refractivity contribution is -0.142. The van der Waals surface area contributed by atoms with Crippen molar-refractivity contribution in [3.63, 3.8) is 0 Å². The number of unbranched alkanes of at least 4 members (excludes halogenated alkanes) is 5. The number of sulfone groups is 1. The lowest BCUT2D eigenvalue weighted by Crippen LogP contribution is -2.56. The molecule has 10 rings (SSSR count). The number of β-amino-alcohol motifs (C(OH)–C–C–N with tert-alkyl or cyclic N) is 1. The molecule has 0 saturated carbocycles. The van der Waals surface area contributed by atoms with Gasteiger partial charge in [-0.05, 0) is 158 Å². The number of nitrogens with one attached hydrogen (secondary N) is 4. The Balaban J connectivity index is 0.664. The van der Waals surface area contributed by atoms with Crippen molar-refractivity contribution in [1.29, 1.82) is 0 Å². The molecule has 558 valence electrons. The van der Waals surface area contributed by atoms with Crippen LogP contribution in [0.15, 0.2) is 147 Å². The minimum atomic E-state index is -6.12. The molecule has 5 N–H and O–H groups in total. The van der Waals surface area contributed by atoms with Gasteiger partial charge >= 0.3 is 5.51 Å². The van der Waals surface area contributed by atoms with Gasteiger partial charge in [0.15, 0.2) is 0 Å². The number of allylic oxidation sites excluding steroid dienone is 1. The van der Waals surface area contributed by atoms with Crippen molar-refractivity contribution in [2.45, 2.75) is 163 Å². The summed E-state index contributed by atoms with van der Waals surface area (Å²) in [6.07, 6.45) is 9.02. The van der Waals surface area contributed by atoms with Crippen LogP contribution in [0, 0.1) is 17.8 Å². The molecule has 26 heteroatoms. The summed E-state index contributed by atoms with van der Waals surface area (Å²) in [6, 6.07) is 32.5. The number of aliphatic hydroxyl groups excluding tert-OH is 1. The van der Waals surface area contributed by atoms with E-state index in [4.69, 9.17) is 11.6 Å². The van der Waals surface area contributed by atoms with Crippen LogP contribution in [-0.2, 0) is 36.0 Å². The number of halogens is 4. The fraction of sp³-hybridized carbons (Fsp3) is 0.506. The first-order chi connectivity index (χ1) is 49.0. The molecule has 3 saturated heterocycles. The van der Waals surface area contributed by atoms with Gasteiger partial charge in [0.25, 0.3) is 25.8 Å². The molecule has 103 heavy (non-hydrogen) atoms. The number of hydrogen-bond donors (Lipinski definition) is 5. The second-order valence-corrected chi connectivity index (χ2v) is 35.6. The van der Waals surface area contributed by atoms with E-state index < -0.39 is 76.4 Å². The minimum Gasteiger partial charge on any atom is -0.391 e. The Morgan fingerprint density at radius 1 is 0.777 bits per heavy atom. The first kappa shape index (κ1) is 79.2. The molecule has 3 aliphatic heterocycles. The van der Waals surface area contributed by atoms with E-state index in [-0.39, 0.29) is 35.8 Å². The zero-order valence-electron chi connectivity index (χ0n) is 60.0. The average Bonchev–Trinajstić information content (AvgIpc) is 1.54. The number of hydrogen-bond acceptors (Lipinski definition) is 17. The molecule has 4 atom stereocenters. The van der Waals surface area contributed by atoms with Crippen LogP contribution in [-0.4, -0.2) is 185 Å². The molecular weight excluding hydrogens is 1410 g/mol. The van der Waals surface area contributed by atoms with E-state index in [0.717, 1.165) is 168 Å². The molecule has 4 heterocycles. The van der Waals surface area contributed by atoms with Crippen LogP contribution < -0.4 is 25.6 Å². The normalized spacial score (nSPS) is 18.8. The van der Waals surface area contributed by atoms with E-state index in [1.54, 1.807) is 28.4 Å². The molecule has 3 amide bonds. The number of aromatic nitrogens is 1. The number of carbonyl (C=O) groups is 3. The fourth-order valence-electron chi connectivity index (χ4n) is 14.2. The van der Waals surface area contributed by atoms with Gasteiger partial charge in [0.1, 0.15) is 10.9 Å². The van der Waals surface area contributed by atoms with Gasteiger partial charge in [0.2, 0.25) is 11.8 Å². The standard InChI is InChI=1S/C77H100ClF3N10O8S4/c1-54-70(101-53-84-54)57-20-18-55(19-21-57)49-83-73(94)68-46-63(92)51-91(68)74(95)71(75(2,3)4)82-35-14-9-7-8-10-15-36-87-38-40-88(41-39-87)37-33-61(52-100-64-16-12-11-13-17-64)85-67-31-30-65(47-69(67)102(96,97)77(79,80)81)103(98,99)86-72(93)58-24-28-62(29-25-58)90-44-42-89(43-45-90)50-59-48-76(5,6)34-32-66(59)56-22-26-60(78)27-23-56/h11-13,16-31,47,53,61,63,68,71,82,85,92H,7-10,14-15,32-46,48-52H2,1-6H3,(H,83,94)(H,86,93)/t61-,63-,68+,71-/m1/s1. The number of sulfonamides is 1. The molecule has 5 aromatic carbocycles. The summed E-state index contributed by atoms with van der Waals surface area (Å²) in [5, 5.41) is 21.0. The van der Waals surface area contributed by atoms with E-state index in [0.29, 0.717) is 42.9 Å². The number of nitrogens with zero attached hydrogens (tertiary/aromatic N) is 6. The molecule has 0 spiro atoms. The number of benzene rings is 5. The third kappa shape index (κ3) is 21.7. The highest BCUT2D eigenvalue weighted by Crippen LogP contribution is 2.44. The first-order valence-electron chi connectivity index (χ1n) is 36.0. The number of aryl methyl sites for hydroxylation is 1. The van der Waals surface area contributed by atoms with Crippen molar-refractivity contribution in [3.8, 4) is 10.4 Å². The number of likely N-dealkylation sites (tertiary alicyclic amines) is 1. The zero-order chi connectivity index (χ0) is 73.7. The zero-order valence-corrected chi connectivity index (χ0v) is 64.0. The van der Waals surface area contributed by atoms with Gasteiger partial charge < -0.3 is 40.7 Å². The summed E-state index contributed by atoms with van der Waals surface area (Å²) >= 11 is 9.27. The number of anilines is 2. The summed E-state index contributed by atoms with van der Waals surface area (Å²) < 4.78 is 100. The largest absolute Gasteiger partial charge is 0.501 e. The number of rotatable bonds is 31. The molecule has 0 unspecified atom stereocenters. The minimum absolute atomic E-state index is 0.0136. The number of thioether (sulfide) groups is 1. The predicted molar refractivity (Wildman–Crippen MR) is 407 cm³/mol. The van der Waals surface area contributed by atoms with Crippen LogP contribution in [0.2, 0.25) is 5.02 Å². The van der Waals surface area contributed by atoms with Crippen LogP contribution in [0.5, 0.6) is 0 Å². The Hall–Kier alpha value is -6.39. The highest BCUT2D eigenvalue weighted by atomic mass is 35.5. The lowest BCUT2D eigenvalue weighted by atomic mass is 9.73. The van der Waals surface area contributed by atoms with Crippen molar-refractivity contribution in [3.05, 3.63) is 160 Å². The van der Waals surface area contributed by atoms with Gasteiger partial charge in [-0.15, -0.1) is 23.1 Å². The lowest BCUT2D eigenvalue weighted by Gasteiger charge is -2.39. The van der Waals surface area contributed by atoms with Crippen LogP contribution >= 0.6 is 34.7 Å². The second kappa shape index (κ2) is 35.3. The van der Waals surface area contributed by atoms with Gasteiger partial charge in [0.05, 0.1) is 38.8 Å². The SMILES string of the molecule is Cc1ncsc1-c1ccc(CNC(=O)[C@@H]2C[C@@H](O)CN2C(=O)[C@@H](NCCCCCCCCN2CCN(CC[C@H](CSc3ccccc3)Nc3ccc(S(=O)(=O)NC(=O)c4ccc(N5CCN(CC6=C(c7ccc(Cl)cc7)CCC(C)(C)C6)CC5)cc4)cc3S(=O)(=O)C(F)(F)F)CC2)C(C)(C)C)cc1. The number of aliphatic hydroxyl groups is 1. The van der Waals surface area contributed by atoms with E-state index in [9.17, 15) is 49.5 Å². The number of thiazole rings is 1. The molecule has 3 fully saturated rings. The van der Waals surface area contributed by atoms with Crippen molar-refractivity contribution in [1.82, 2.24) is 39.9 Å². The molecule has 1 aliphatic carbocycles. The quantitative estimate of drug-likeness (QED) is 0.0202. The van der Waals surface area contributed by atoms with E-state index >= 15 is 0 Å². The van der Waals surface area contributed by atoms with Gasteiger partial charge in [-0.1, -0.05) is 132 Å². The van der Waals surface area contributed by atoms with Gasteiger partial charge in [-0.2, -0.15) is 13.2 Å². The maximum absolute atomic E-state index is 14.6. The highest BCUT2D eigenvalue weighted by Gasteiger charge is 2.49. The summed E-state index contributed by atoms with van der Waals surface area (Å²) in [6.45, 7) is 22.3. The Labute approximate surface area is 620 Å². The topological polar surface area (TPSA) is 217 Å². The molecule has 0 bridgehead atoms. The smallest absolute Gasteiger partial charge is 0.391 e. The molecule has 18 nitrogen and oxygen atoms in total. The maximum Gasteiger partial charge on any atom is 0.501 e. The summed E-state index contributed by atoms with van der Waals surface area (Å²) in [5.74, 6) is -1.16. The number of piperazine rings is 2. The van der Waals surface area contributed by atoms with Gasteiger partial charge in [-0.25, -0.2) is 26.5 Å². The number of alkyl halides is 3. The summed E-state index contributed by atoms with van der Waals surface area (Å²) in [5.41, 5.74) is 3.21. The Morgan fingerprint density at radius 2 is 1.42 bits per heavy atom. The fourth-order valence-corrected chi connectivity index (χ4v) is 18.2. The van der Waals surface area contributed by atoms with Crippen molar-refractivity contribution >= 4 is 89.2 Å². The third-order valence-electron chi connectivity index (χ3n) is 20.2. The van der Waals surface area contributed by atoms with Crippen molar-refractivity contribution in [2.24, 2.45) is 10.8 Å². The number of amides is 3. The Bertz CT molecular complexity index is 4090.